The van der Waals surface area contributed by atoms with Gasteiger partial charge in [-0.3, -0.25) is 9.59 Å². The third kappa shape index (κ3) is 4.47. The number of carbonyl (C=O) groups is 2. The summed E-state index contributed by atoms with van der Waals surface area (Å²) in [5.41, 5.74) is 6.77. The van der Waals surface area contributed by atoms with E-state index < -0.39 is 0 Å². The molecule has 1 aliphatic rings. The van der Waals surface area contributed by atoms with Crippen LogP contribution in [-0.4, -0.2) is 17.9 Å². The maximum absolute atomic E-state index is 12.5. The highest BCUT2D eigenvalue weighted by molar-refractivity contribution is 6.30. The summed E-state index contributed by atoms with van der Waals surface area (Å²) in [5, 5.41) is 3.62. The van der Waals surface area contributed by atoms with E-state index in [9.17, 15) is 9.59 Å². The van der Waals surface area contributed by atoms with Crippen molar-refractivity contribution in [1.82, 2.24) is 5.32 Å². The van der Waals surface area contributed by atoms with E-state index in [1.165, 1.54) is 6.42 Å². The highest BCUT2D eigenvalue weighted by atomic mass is 35.5. The number of rotatable bonds is 5. The Morgan fingerprint density at radius 1 is 1.32 bits per heavy atom. The zero-order valence-electron chi connectivity index (χ0n) is 12.9. The number of aryl methyl sites for hydroxylation is 1. The lowest BCUT2D eigenvalue weighted by Gasteiger charge is -2.30. The van der Waals surface area contributed by atoms with Crippen molar-refractivity contribution in [3.8, 4) is 0 Å². The maximum atomic E-state index is 12.5. The van der Waals surface area contributed by atoms with Crippen LogP contribution in [0.1, 0.15) is 54.4 Å². The fraction of sp³-hybridized carbons (Fsp3) is 0.529. The summed E-state index contributed by atoms with van der Waals surface area (Å²) in [6.45, 7) is 1.85. The molecule has 1 unspecified atom stereocenters. The van der Waals surface area contributed by atoms with Crippen LogP contribution >= 0.6 is 11.6 Å². The van der Waals surface area contributed by atoms with Crippen molar-refractivity contribution >= 4 is 23.4 Å². The molecule has 0 heterocycles. The van der Waals surface area contributed by atoms with Gasteiger partial charge >= 0.3 is 0 Å². The number of carbonyl (C=O) groups excluding carboxylic acids is 2. The zero-order valence-corrected chi connectivity index (χ0v) is 13.7. The molecule has 1 fully saturated rings. The molecule has 3 N–H and O–H groups in total. The summed E-state index contributed by atoms with van der Waals surface area (Å²) in [7, 11) is 0. The number of halogens is 1. The Hall–Kier alpha value is -1.55. The second-order valence-corrected chi connectivity index (χ2v) is 6.54. The molecule has 2 rings (SSSR count). The quantitative estimate of drug-likeness (QED) is 0.873. The number of primary amides is 1. The molecule has 0 aromatic heterocycles. The normalized spacial score (nSPS) is 17.0. The first-order chi connectivity index (χ1) is 10.5. The molecule has 2 amide bonds. The molecule has 22 heavy (non-hydrogen) atoms. The molecular formula is C17H23ClN2O2. The summed E-state index contributed by atoms with van der Waals surface area (Å²) >= 11 is 5.93. The predicted octanol–water partition coefficient (Wildman–Crippen LogP) is 3.20. The topological polar surface area (TPSA) is 72.2 Å². The Morgan fingerprint density at radius 2 is 2.00 bits per heavy atom. The molecule has 0 saturated heterocycles. The first kappa shape index (κ1) is 16.8. The van der Waals surface area contributed by atoms with Gasteiger partial charge in [-0.05, 0) is 49.4 Å². The van der Waals surface area contributed by atoms with Gasteiger partial charge in [0, 0.05) is 23.0 Å². The molecule has 0 spiro atoms. The summed E-state index contributed by atoms with van der Waals surface area (Å²) in [4.78, 5) is 23.8. The molecule has 0 radical (unpaired) electrons. The van der Waals surface area contributed by atoms with Crippen molar-refractivity contribution in [2.24, 2.45) is 11.7 Å². The molecule has 120 valence electrons. The summed E-state index contributed by atoms with van der Waals surface area (Å²) in [5.74, 6) is -0.201. The Balaban J connectivity index is 2.11. The van der Waals surface area contributed by atoms with Crippen LogP contribution in [0.3, 0.4) is 0 Å². The SMILES string of the molecule is Cc1cc(Cl)ccc1C(=O)NC(CC(N)=O)C1CCCCC1. The van der Waals surface area contributed by atoms with E-state index in [0.717, 1.165) is 31.2 Å². The predicted molar refractivity (Wildman–Crippen MR) is 87.8 cm³/mol. The molecular weight excluding hydrogens is 300 g/mol. The number of hydrogen-bond acceptors (Lipinski definition) is 2. The Kier molecular flexibility index (Phi) is 5.83. The highest BCUT2D eigenvalue weighted by Gasteiger charge is 2.27. The van der Waals surface area contributed by atoms with Gasteiger partial charge in [0.15, 0.2) is 0 Å². The Labute approximate surface area is 136 Å². The van der Waals surface area contributed by atoms with E-state index in [0.29, 0.717) is 16.5 Å². The van der Waals surface area contributed by atoms with Crippen molar-refractivity contribution in [1.29, 1.82) is 0 Å². The van der Waals surface area contributed by atoms with Gasteiger partial charge in [-0.25, -0.2) is 0 Å². The number of nitrogens with two attached hydrogens (primary N) is 1. The lowest BCUT2D eigenvalue weighted by molar-refractivity contribution is -0.118. The van der Waals surface area contributed by atoms with Gasteiger partial charge in [-0.15, -0.1) is 0 Å². The number of hydrogen-bond donors (Lipinski definition) is 2. The van der Waals surface area contributed by atoms with E-state index >= 15 is 0 Å². The minimum atomic E-state index is -0.372. The second-order valence-electron chi connectivity index (χ2n) is 6.11. The Bertz CT molecular complexity index is 554. The lowest BCUT2D eigenvalue weighted by atomic mass is 9.82. The van der Waals surface area contributed by atoms with Gasteiger partial charge in [0.25, 0.3) is 5.91 Å². The minimum absolute atomic E-state index is 0.161. The first-order valence-electron chi connectivity index (χ1n) is 7.82. The molecule has 4 nitrogen and oxygen atoms in total. The van der Waals surface area contributed by atoms with Crippen LogP contribution in [0.5, 0.6) is 0 Å². The standard InChI is InChI=1S/C17H23ClN2O2/c1-11-9-13(18)7-8-14(11)17(22)20-15(10-16(19)21)12-5-3-2-4-6-12/h7-9,12,15H,2-6,10H2,1H3,(H2,19,21)(H,20,22). The summed E-state index contributed by atoms with van der Waals surface area (Å²) in [6, 6.07) is 5.00. The van der Waals surface area contributed by atoms with E-state index in [1.807, 2.05) is 6.92 Å². The van der Waals surface area contributed by atoms with E-state index in [4.69, 9.17) is 17.3 Å². The van der Waals surface area contributed by atoms with Crippen molar-refractivity contribution in [3.05, 3.63) is 34.3 Å². The molecule has 5 heteroatoms. The lowest BCUT2D eigenvalue weighted by Crippen LogP contribution is -2.43. The largest absolute Gasteiger partial charge is 0.370 e. The minimum Gasteiger partial charge on any atom is -0.370 e. The van der Waals surface area contributed by atoms with Crippen LogP contribution in [-0.2, 0) is 4.79 Å². The van der Waals surface area contributed by atoms with Gasteiger partial charge in [-0.1, -0.05) is 30.9 Å². The van der Waals surface area contributed by atoms with Crippen LogP contribution in [0, 0.1) is 12.8 Å². The van der Waals surface area contributed by atoms with E-state index in [2.05, 4.69) is 5.32 Å². The smallest absolute Gasteiger partial charge is 0.251 e. The molecule has 1 aliphatic carbocycles. The van der Waals surface area contributed by atoms with Crippen LogP contribution < -0.4 is 11.1 Å². The van der Waals surface area contributed by atoms with E-state index in [-0.39, 0.29) is 24.3 Å². The Morgan fingerprint density at radius 3 is 2.59 bits per heavy atom. The van der Waals surface area contributed by atoms with Crippen LogP contribution in [0.2, 0.25) is 5.02 Å². The molecule has 0 aliphatic heterocycles. The van der Waals surface area contributed by atoms with Crippen LogP contribution in [0.4, 0.5) is 0 Å². The number of benzene rings is 1. The van der Waals surface area contributed by atoms with Gasteiger partial charge in [0.05, 0.1) is 0 Å². The van der Waals surface area contributed by atoms with Crippen LogP contribution in [0.25, 0.3) is 0 Å². The molecule has 1 aromatic carbocycles. The summed E-state index contributed by atoms with van der Waals surface area (Å²) < 4.78 is 0. The zero-order chi connectivity index (χ0) is 16.1. The fourth-order valence-electron chi connectivity index (χ4n) is 3.22. The van der Waals surface area contributed by atoms with Crippen LogP contribution in [0.15, 0.2) is 18.2 Å². The first-order valence-corrected chi connectivity index (χ1v) is 8.20. The second kappa shape index (κ2) is 7.63. The van der Waals surface area contributed by atoms with E-state index in [1.54, 1.807) is 18.2 Å². The fourth-order valence-corrected chi connectivity index (χ4v) is 3.44. The average Bonchev–Trinajstić information content (AvgIpc) is 2.46. The van der Waals surface area contributed by atoms with Gasteiger partial charge in [0.2, 0.25) is 5.91 Å². The highest BCUT2D eigenvalue weighted by Crippen LogP contribution is 2.28. The molecule has 1 atom stereocenters. The van der Waals surface area contributed by atoms with Gasteiger partial charge < -0.3 is 11.1 Å². The molecule has 1 saturated carbocycles. The number of nitrogens with one attached hydrogen (secondary N) is 1. The van der Waals surface area contributed by atoms with Crippen molar-refractivity contribution in [2.45, 2.75) is 51.5 Å². The van der Waals surface area contributed by atoms with Crippen molar-refractivity contribution in [3.63, 3.8) is 0 Å². The molecule has 0 bridgehead atoms. The van der Waals surface area contributed by atoms with Gasteiger partial charge in [0.1, 0.15) is 0 Å². The third-order valence-corrected chi connectivity index (χ3v) is 4.62. The monoisotopic (exact) mass is 322 g/mol. The van der Waals surface area contributed by atoms with Gasteiger partial charge in [-0.2, -0.15) is 0 Å². The van der Waals surface area contributed by atoms with Crippen molar-refractivity contribution < 1.29 is 9.59 Å². The molecule has 1 aromatic rings. The average molecular weight is 323 g/mol. The number of amides is 2. The third-order valence-electron chi connectivity index (χ3n) is 4.39. The van der Waals surface area contributed by atoms with Crippen molar-refractivity contribution in [2.75, 3.05) is 0 Å². The summed E-state index contributed by atoms with van der Waals surface area (Å²) in [6.07, 6.45) is 5.80. The maximum Gasteiger partial charge on any atom is 0.251 e.